The van der Waals surface area contributed by atoms with Crippen molar-refractivity contribution in [2.75, 3.05) is 18.5 Å². The van der Waals surface area contributed by atoms with Gasteiger partial charge >= 0.3 is 0 Å². The second-order valence-electron chi connectivity index (χ2n) is 5.66. The number of fused-ring (bicyclic) bond motifs is 1. The molecule has 0 bridgehead atoms. The van der Waals surface area contributed by atoms with Gasteiger partial charge in [0.15, 0.2) is 16.6 Å². The molecule has 1 amide bonds. The molecule has 1 atom stereocenters. The van der Waals surface area contributed by atoms with E-state index in [9.17, 15) is 4.79 Å². The van der Waals surface area contributed by atoms with Gasteiger partial charge in [-0.05, 0) is 24.1 Å². The summed E-state index contributed by atoms with van der Waals surface area (Å²) in [5, 5.41) is 5.19. The number of amides is 1. The molecule has 8 heteroatoms. The van der Waals surface area contributed by atoms with Gasteiger partial charge in [-0.25, -0.2) is 4.98 Å². The molecule has 2 heterocycles. The molecule has 0 aliphatic carbocycles. The van der Waals surface area contributed by atoms with E-state index in [1.165, 1.54) is 11.3 Å². The standard InChI is InChI=1S/C16H19N3O3S.ClH/c1-9(2)14(17)15(20)19-16-18-11(8-23-16)10-3-4-12-13(7-10)22-6-5-21-12;/h3-4,7-9,14H,5-6,17H2,1-2H3,(H,18,19,20);1H/t14-;/m0./s1. The first-order chi connectivity index (χ1) is 11.0. The van der Waals surface area contributed by atoms with E-state index < -0.39 is 6.04 Å². The summed E-state index contributed by atoms with van der Waals surface area (Å²) in [5.41, 5.74) is 7.53. The van der Waals surface area contributed by atoms with Crippen molar-refractivity contribution in [3.8, 4) is 22.8 Å². The van der Waals surface area contributed by atoms with E-state index in [1.807, 2.05) is 37.4 Å². The van der Waals surface area contributed by atoms with Crippen molar-refractivity contribution in [3.63, 3.8) is 0 Å². The SMILES string of the molecule is CC(C)[C@H](N)C(=O)Nc1nc(-c2ccc3c(c2)OCCO3)cs1.Cl. The monoisotopic (exact) mass is 369 g/mol. The first-order valence-electron chi connectivity index (χ1n) is 7.46. The van der Waals surface area contributed by atoms with E-state index in [-0.39, 0.29) is 24.2 Å². The lowest BCUT2D eigenvalue weighted by Gasteiger charge is -2.18. The van der Waals surface area contributed by atoms with Crippen LogP contribution in [0.1, 0.15) is 13.8 Å². The fourth-order valence-corrected chi connectivity index (χ4v) is 2.88. The molecule has 1 aliphatic rings. The Morgan fingerprint density at radius 1 is 1.29 bits per heavy atom. The predicted molar refractivity (Wildman–Crippen MR) is 97.2 cm³/mol. The van der Waals surface area contributed by atoms with Gasteiger partial charge in [-0.15, -0.1) is 23.7 Å². The summed E-state index contributed by atoms with van der Waals surface area (Å²) in [6.07, 6.45) is 0. The van der Waals surface area contributed by atoms with Gasteiger partial charge in [-0.3, -0.25) is 4.79 Å². The van der Waals surface area contributed by atoms with E-state index in [0.717, 1.165) is 17.0 Å². The van der Waals surface area contributed by atoms with Crippen LogP contribution in [-0.4, -0.2) is 30.1 Å². The summed E-state index contributed by atoms with van der Waals surface area (Å²) in [6.45, 7) is 4.93. The lowest BCUT2D eigenvalue weighted by Crippen LogP contribution is -2.39. The second kappa shape index (κ2) is 7.83. The maximum Gasteiger partial charge on any atom is 0.243 e. The molecule has 0 saturated heterocycles. The van der Waals surface area contributed by atoms with Crippen molar-refractivity contribution in [2.45, 2.75) is 19.9 Å². The second-order valence-corrected chi connectivity index (χ2v) is 6.51. The van der Waals surface area contributed by atoms with Gasteiger partial charge in [0, 0.05) is 10.9 Å². The number of aromatic nitrogens is 1. The lowest BCUT2D eigenvalue weighted by atomic mass is 10.1. The largest absolute Gasteiger partial charge is 0.486 e. The zero-order chi connectivity index (χ0) is 16.4. The number of carbonyl (C=O) groups excluding carboxylic acids is 1. The number of nitrogens with zero attached hydrogens (tertiary/aromatic N) is 1. The van der Waals surface area contributed by atoms with Gasteiger partial charge in [0.25, 0.3) is 0 Å². The molecule has 6 nitrogen and oxygen atoms in total. The Morgan fingerprint density at radius 3 is 2.71 bits per heavy atom. The summed E-state index contributed by atoms with van der Waals surface area (Å²) in [4.78, 5) is 16.4. The number of anilines is 1. The quantitative estimate of drug-likeness (QED) is 0.865. The minimum Gasteiger partial charge on any atom is -0.486 e. The average molecular weight is 370 g/mol. The summed E-state index contributed by atoms with van der Waals surface area (Å²) < 4.78 is 11.1. The smallest absolute Gasteiger partial charge is 0.243 e. The van der Waals surface area contributed by atoms with Crippen LogP contribution >= 0.6 is 23.7 Å². The van der Waals surface area contributed by atoms with Crippen LogP contribution in [0.4, 0.5) is 5.13 Å². The minimum atomic E-state index is -0.545. The number of benzene rings is 1. The third-order valence-electron chi connectivity index (χ3n) is 3.59. The van der Waals surface area contributed by atoms with Crippen LogP contribution in [0.15, 0.2) is 23.6 Å². The van der Waals surface area contributed by atoms with Crippen LogP contribution in [0.5, 0.6) is 11.5 Å². The third-order valence-corrected chi connectivity index (χ3v) is 4.35. The molecule has 3 rings (SSSR count). The summed E-state index contributed by atoms with van der Waals surface area (Å²) >= 11 is 1.37. The molecule has 3 N–H and O–H groups in total. The maximum absolute atomic E-state index is 12.0. The highest BCUT2D eigenvalue weighted by Gasteiger charge is 2.19. The van der Waals surface area contributed by atoms with Crippen molar-refractivity contribution >= 4 is 34.8 Å². The van der Waals surface area contributed by atoms with Gasteiger partial charge in [0.05, 0.1) is 11.7 Å². The Labute approximate surface area is 150 Å². The normalized spacial score (nSPS) is 14.0. The maximum atomic E-state index is 12.0. The lowest BCUT2D eigenvalue weighted by molar-refractivity contribution is -0.118. The van der Waals surface area contributed by atoms with Gasteiger partial charge in [0.1, 0.15) is 13.2 Å². The van der Waals surface area contributed by atoms with Crippen LogP contribution in [0.3, 0.4) is 0 Å². The number of halogens is 1. The number of nitrogens with one attached hydrogen (secondary N) is 1. The Bertz CT molecular complexity index is 720. The number of thiazole rings is 1. The highest BCUT2D eigenvalue weighted by molar-refractivity contribution is 7.14. The van der Waals surface area contributed by atoms with Gasteiger partial charge in [-0.1, -0.05) is 13.8 Å². The highest BCUT2D eigenvalue weighted by atomic mass is 35.5. The average Bonchev–Trinajstić information content (AvgIpc) is 3.02. The van der Waals surface area contributed by atoms with Crippen LogP contribution in [-0.2, 0) is 4.79 Å². The van der Waals surface area contributed by atoms with Crippen molar-refractivity contribution in [1.29, 1.82) is 0 Å². The van der Waals surface area contributed by atoms with Crippen molar-refractivity contribution in [1.82, 2.24) is 4.98 Å². The van der Waals surface area contributed by atoms with Gasteiger partial charge < -0.3 is 20.5 Å². The zero-order valence-corrected chi connectivity index (χ0v) is 15.1. The Kier molecular flexibility index (Phi) is 6.04. The number of ether oxygens (including phenoxy) is 2. The predicted octanol–water partition coefficient (Wildman–Crippen LogP) is 2.92. The van der Waals surface area contributed by atoms with E-state index in [2.05, 4.69) is 10.3 Å². The first-order valence-corrected chi connectivity index (χ1v) is 8.34. The molecular formula is C16H20ClN3O3S. The van der Waals surface area contributed by atoms with Crippen molar-refractivity contribution in [2.24, 2.45) is 11.7 Å². The fourth-order valence-electron chi connectivity index (χ4n) is 2.16. The molecule has 2 aromatic rings. The van der Waals surface area contributed by atoms with E-state index in [4.69, 9.17) is 15.2 Å². The summed E-state index contributed by atoms with van der Waals surface area (Å²) in [7, 11) is 0. The van der Waals surface area contributed by atoms with Gasteiger partial charge in [-0.2, -0.15) is 0 Å². The molecule has 0 unspecified atom stereocenters. The summed E-state index contributed by atoms with van der Waals surface area (Å²) in [6, 6.07) is 5.15. The first kappa shape index (κ1) is 18.5. The molecular weight excluding hydrogens is 350 g/mol. The number of nitrogens with two attached hydrogens (primary N) is 1. The molecule has 24 heavy (non-hydrogen) atoms. The number of rotatable bonds is 4. The fraction of sp³-hybridized carbons (Fsp3) is 0.375. The molecule has 1 aromatic heterocycles. The van der Waals surface area contributed by atoms with Gasteiger partial charge in [0.2, 0.25) is 5.91 Å². The molecule has 0 saturated carbocycles. The topological polar surface area (TPSA) is 86.5 Å². The van der Waals surface area contributed by atoms with Crippen LogP contribution in [0, 0.1) is 5.92 Å². The van der Waals surface area contributed by atoms with E-state index in [0.29, 0.717) is 24.1 Å². The molecule has 0 radical (unpaired) electrons. The molecule has 1 aromatic carbocycles. The minimum absolute atomic E-state index is 0. The Balaban J connectivity index is 0.00000208. The van der Waals surface area contributed by atoms with E-state index in [1.54, 1.807) is 0 Å². The van der Waals surface area contributed by atoms with Crippen LogP contribution < -0.4 is 20.5 Å². The van der Waals surface area contributed by atoms with Crippen LogP contribution in [0.2, 0.25) is 0 Å². The molecule has 130 valence electrons. The molecule has 0 fully saturated rings. The number of carbonyl (C=O) groups is 1. The number of hydrogen-bond acceptors (Lipinski definition) is 6. The molecule has 1 aliphatic heterocycles. The highest BCUT2D eigenvalue weighted by Crippen LogP contribution is 2.35. The van der Waals surface area contributed by atoms with Crippen molar-refractivity contribution in [3.05, 3.63) is 23.6 Å². The zero-order valence-electron chi connectivity index (χ0n) is 13.4. The Morgan fingerprint density at radius 2 is 2.00 bits per heavy atom. The van der Waals surface area contributed by atoms with E-state index >= 15 is 0 Å². The summed E-state index contributed by atoms with van der Waals surface area (Å²) in [5.74, 6) is 1.32. The third kappa shape index (κ3) is 3.98. The molecule has 0 spiro atoms. The van der Waals surface area contributed by atoms with Crippen LogP contribution in [0.25, 0.3) is 11.3 Å². The van der Waals surface area contributed by atoms with Crippen molar-refractivity contribution < 1.29 is 14.3 Å². The Hall–Kier alpha value is -1.83. The number of hydrogen-bond donors (Lipinski definition) is 2.